The molecular weight excluding hydrogens is 306 g/mol. The van der Waals surface area contributed by atoms with E-state index < -0.39 is 0 Å². The molecule has 1 atom stereocenters. The molecule has 1 aromatic rings. The highest BCUT2D eigenvalue weighted by atomic mass is 16.3. The first-order chi connectivity index (χ1) is 11.6. The summed E-state index contributed by atoms with van der Waals surface area (Å²) in [6.45, 7) is 2.63. The number of hydrogen-bond acceptors (Lipinski definition) is 4. The Bertz CT molecular complexity index is 550. The molecule has 0 bridgehead atoms. The van der Waals surface area contributed by atoms with Gasteiger partial charge >= 0.3 is 0 Å². The Morgan fingerprint density at radius 3 is 2.58 bits per heavy atom. The molecule has 0 radical (unpaired) electrons. The third kappa shape index (κ3) is 3.98. The quantitative estimate of drug-likeness (QED) is 0.913. The summed E-state index contributed by atoms with van der Waals surface area (Å²) in [5, 5.41) is 0. The highest BCUT2D eigenvalue weighted by Crippen LogP contribution is 2.33. The molecule has 2 saturated heterocycles. The van der Waals surface area contributed by atoms with Gasteiger partial charge in [-0.1, -0.05) is 12.8 Å². The average molecular weight is 333 g/mol. The summed E-state index contributed by atoms with van der Waals surface area (Å²) < 4.78 is 5.60. The van der Waals surface area contributed by atoms with Crippen molar-refractivity contribution < 1.29 is 14.0 Å². The van der Waals surface area contributed by atoms with Gasteiger partial charge < -0.3 is 15.1 Å². The van der Waals surface area contributed by atoms with Crippen molar-refractivity contribution in [2.75, 3.05) is 26.2 Å². The standard InChI is InChI=1S/C18H27N3O3/c19-17(22)13-20-10-7-14(8-11-20)18(23)21-9-3-1-2-5-15(21)16-6-4-12-24-16/h4,6,12,14-15H,1-3,5,7-11,13H2,(H2,19,22)/t15-/m0/s1. The molecule has 6 nitrogen and oxygen atoms in total. The maximum atomic E-state index is 13.1. The van der Waals surface area contributed by atoms with Crippen LogP contribution < -0.4 is 5.73 Å². The van der Waals surface area contributed by atoms with Crippen molar-refractivity contribution in [3.8, 4) is 0 Å². The number of piperidine rings is 1. The van der Waals surface area contributed by atoms with Crippen molar-refractivity contribution >= 4 is 11.8 Å². The van der Waals surface area contributed by atoms with Crippen molar-refractivity contribution in [2.24, 2.45) is 11.7 Å². The summed E-state index contributed by atoms with van der Waals surface area (Å²) in [5.74, 6) is 0.892. The number of hydrogen-bond donors (Lipinski definition) is 1. The SMILES string of the molecule is NC(=O)CN1CCC(C(=O)N2CCCCC[C@H]2c2ccco2)CC1. The summed E-state index contributed by atoms with van der Waals surface area (Å²) >= 11 is 0. The van der Waals surface area contributed by atoms with Gasteiger partial charge in [-0.15, -0.1) is 0 Å². The highest BCUT2D eigenvalue weighted by Gasteiger charge is 2.34. The second kappa shape index (κ2) is 7.83. The number of rotatable bonds is 4. The van der Waals surface area contributed by atoms with E-state index in [-0.39, 0.29) is 23.8 Å². The summed E-state index contributed by atoms with van der Waals surface area (Å²) in [7, 11) is 0. The number of primary amides is 1. The predicted octanol–water partition coefficient (Wildman–Crippen LogP) is 1.92. The van der Waals surface area contributed by atoms with Gasteiger partial charge in [-0.05, 0) is 50.9 Å². The Balaban J connectivity index is 1.65. The molecule has 2 aliphatic rings. The van der Waals surface area contributed by atoms with E-state index in [1.807, 2.05) is 21.9 Å². The molecule has 2 N–H and O–H groups in total. The lowest BCUT2D eigenvalue weighted by Gasteiger charge is -2.36. The second-order valence-corrected chi connectivity index (χ2v) is 6.93. The van der Waals surface area contributed by atoms with Crippen LogP contribution >= 0.6 is 0 Å². The molecule has 2 fully saturated rings. The van der Waals surface area contributed by atoms with Crippen LogP contribution in [0.25, 0.3) is 0 Å². The fourth-order valence-corrected chi connectivity index (χ4v) is 3.94. The van der Waals surface area contributed by atoms with Gasteiger partial charge in [0.2, 0.25) is 11.8 Å². The lowest BCUT2D eigenvalue weighted by atomic mass is 9.94. The molecule has 1 aromatic heterocycles. The molecule has 24 heavy (non-hydrogen) atoms. The average Bonchev–Trinajstić information content (AvgIpc) is 2.99. The topological polar surface area (TPSA) is 79.8 Å². The van der Waals surface area contributed by atoms with Gasteiger partial charge in [0.1, 0.15) is 5.76 Å². The Hall–Kier alpha value is -1.82. The molecule has 132 valence electrons. The predicted molar refractivity (Wildman–Crippen MR) is 90.0 cm³/mol. The van der Waals surface area contributed by atoms with Crippen LogP contribution in [0, 0.1) is 5.92 Å². The number of nitrogens with zero attached hydrogens (tertiary/aromatic N) is 2. The summed E-state index contributed by atoms with van der Waals surface area (Å²) in [5.41, 5.74) is 5.26. The van der Waals surface area contributed by atoms with Gasteiger partial charge in [0.25, 0.3) is 0 Å². The van der Waals surface area contributed by atoms with Crippen LogP contribution in [0.15, 0.2) is 22.8 Å². The van der Waals surface area contributed by atoms with E-state index in [1.165, 1.54) is 0 Å². The van der Waals surface area contributed by atoms with E-state index in [0.29, 0.717) is 6.54 Å². The third-order valence-electron chi connectivity index (χ3n) is 5.22. The zero-order valence-corrected chi connectivity index (χ0v) is 14.2. The van der Waals surface area contributed by atoms with Gasteiger partial charge in [-0.2, -0.15) is 0 Å². The van der Waals surface area contributed by atoms with Crippen molar-refractivity contribution in [3.05, 3.63) is 24.2 Å². The van der Waals surface area contributed by atoms with E-state index in [4.69, 9.17) is 10.2 Å². The number of furan rings is 1. The molecule has 0 aliphatic carbocycles. The van der Waals surface area contributed by atoms with Crippen LogP contribution in [0.4, 0.5) is 0 Å². The Labute approximate surface area is 143 Å². The normalized spacial score (nSPS) is 23.8. The maximum absolute atomic E-state index is 13.1. The van der Waals surface area contributed by atoms with E-state index in [1.54, 1.807) is 6.26 Å². The molecule has 3 heterocycles. The molecule has 0 aromatic carbocycles. The van der Waals surface area contributed by atoms with Crippen LogP contribution in [0.2, 0.25) is 0 Å². The van der Waals surface area contributed by atoms with Crippen LogP contribution in [-0.2, 0) is 9.59 Å². The molecule has 6 heteroatoms. The number of amides is 2. The van der Waals surface area contributed by atoms with Crippen LogP contribution in [0.3, 0.4) is 0 Å². The van der Waals surface area contributed by atoms with Crippen molar-refractivity contribution in [1.82, 2.24) is 9.80 Å². The number of carbonyl (C=O) groups excluding carboxylic acids is 2. The largest absolute Gasteiger partial charge is 0.467 e. The second-order valence-electron chi connectivity index (χ2n) is 6.93. The molecule has 0 spiro atoms. The fourth-order valence-electron chi connectivity index (χ4n) is 3.94. The first-order valence-corrected chi connectivity index (χ1v) is 8.99. The van der Waals surface area contributed by atoms with Crippen LogP contribution in [0.5, 0.6) is 0 Å². The van der Waals surface area contributed by atoms with Crippen LogP contribution in [-0.4, -0.2) is 47.8 Å². The Morgan fingerprint density at radius 2 is 1.92 bits per heavy atom. The molecule has 3 rings (SSSR count). The number of likely N-dealkylation sites (tertiary alicyclic amines) is 2. The zero-order valence-electron chi connectivity index (χ0n) is 14.2. The van der Waals surface area contributed by atoms with Gasteiger partial charge in [0, 0.05) is 12.5 Å². The Morgan fingerprint density at radius 1 is 1.12 bits per heavy atom. The lowest BCUT2D eigenvalue weighted by Crippen LogP contribution is -2.45. The molecule has 2 amide bonds. The molecule has 0 saturated carbocycles. The Kier molecular flexibility index (Phi) is 5.56. The third-order valence-corrected chi connectivity index (χ3v) is 5.22. The van der Waals surface area contributed by atoms with Gasteiger partial charge in [0.15, 0.2) is 0 Å². The monoisotopic (exact) mass is 333 g/mol. The van der Waals surface area contributed by atoms with Crippen molar-refractivity contribution in [1.29, 1.82) is 0 Å². The first kappa shape index (κ1) is 17.0. The van der Waals surface area contributed by atoms with Gasteiger partial charge in [-0.3, -0.25) is 14.5 Å². The zero-order chi connectivity index (χ0) is 16.9. The van der Waals surface area contributed by atoms with Gasteiger partial charge in [0.05, 0.1) is 18.8 Å². The van der Waals surface area contributed by atoms with Crippen LogP contribution in [0.1, 0.15) is 50.3 Å². The highest BCUT2D eigenvalue weighted by molar-refractivity contribution is 5.79. The smallest absolute Gasteiger partial charge is 0.231 e. The fraction of sp³-hybridized carbons (Fsp3) is 0.667. The summed E-state index contributed by atoms with van der Waals surface area (Å²) in [6.07, 6.45) is 7.61. The van der Waals surface area contributed by atoms with Gasteiger partial charge in [-0.25, -0.2) is 0 Å². The van der Waals surface area contributed by atoms with E-state index in [0.717, 1.165) is 63.9 Å². The first-order valence-electron chi connectivity index (χ1n) is 8.99. The van der Waals surface area contributed by atoms with E-state index >= 15 is 0 Å². The summed E-state index contributed by atoms with van der Waals surface area (Å²) in [6, 6.07) is 3.94. The van der Waals surface area contributed by atoms with E-state index in [2.05, 4.69) is 0 Å². The number of nitrogens with two attached hydrogens (primary N) is 1. The molecular formula is C18H27N3O3. The minimum Gasteiger partial charge on any atom is -0.467 e. The van der Waals surface area contributed by atoms with E-state index in [9.17, 15) is 9.59 Å². The van der Waals surface area contributed by atoms with Crippen molar-refractivity contribution in [2.45, 2.75) is 44.6 Å². The molecule has 2 aliphatic heterocycles. The number of carbonyl (C=O) groups is 2. The minimum atomic E-state index is -0.301. The summed E-state index contributed by atoms with van der Waals surface area (Å²) in [4.78, 5) is 28.2. The van der Waals surface area contributed by atoms with Crippen molar-refractivity contribution in [3.63, 3.8) is 0 Å². The lowest BCUT2D eigenvalue weighted by molar-refractivity contribution is -0.140. The minimum absolute atomic E-state index is 0.0460. The maximum Gasteiger partial charge on any atom is 0.231 e. The molecule has 0 unspecified atom stereocenters.